The second-order valence-electron chi connectivity index (χ2n) is 3.17. The Morgan fingerprint density at radius 3 is 3.15 bits per heavy atom. The lowest BCUT2D eigenvalue weighted by Crippen LogP contribution is -2.15. The molecule has 2 rings (SSSR count). The summed E-state index contributed by atoms with van der Waals surface area (Å²) in [6.45, 7) is 3.73. The van der Waals surface area contributed by atoms with E-state index >= 15 is 0 Å². The third-order valence-corrected chi connectivity index (χ3v) is 2.34. The van der Waals surface area contributed by atoms with Crippen molar-refractivity contribution in [2.24, 2.45) is 0 Å². The maximum atomic E-state index is 9.07. The predicted octanol–water partition coefficient (Wildman–Crippen LogP) is 0.720. The first kappa shape index (κ1) is 8.56. The number of ether oxygens (including phenoxy) is 1. The fraction of sp³-hybridized carbons (Fsp3) is 0.667. The lowest BCUT2D eigenvalue weighted by Gasteiger charge is -2.15. The predicted molar refractivity (Wildman–Crippen MR) is 47.6 cm³/mol. The van der Waals surface area contributed by atoms with E-state index in [0.29, 0.717) is 0 Å². The van der Waals surface area contributed by atoms with Gasteiger partial charge in [0, 0.05) is 18.5 Å². The molecule has 72 valence electrons. The van der Waals surface area contributed by atoms with Gasteiger partial charge in [-0.05, 0) is 6.42 Å². The van der Waals surface area contributed by atoms with E-state index in [-0.39, 0.29) is 6.61 Å². The number of aliphatic hydroxyl groups is 1. The van der Waals surface area contributed by atoms with Crippen LogP contribution >= 0.6 is 0 Å². The zero-order valence-electron chi connectivity index (χ0n) is 7.79. The van der Waals surface area contributed by atoms with Gasteiger partial charge in [-0.2, -0.15) is 5.10 Å². The molecule has 0 atom stereocenters. The maximum absolute atomic E-state index is 9.07. The summed E-state index contributed by atoms with van der Waals surface area (Å²) in [4.78, 5) is 0. The summed E-state index contributed by atoms with van der Waals surface area (Å²) in [7, 11) is 0. The van der Waals surface area contributed by atoms with Crippen molar-refractivity contribution >= 4 is 0 Å². The molecule has 1 aromatic heterocycles. The van der Waals surface area contributed by atoms with Crippen molar-refractivity contribution in [3.8, 4) is 5.88 Å². The van der Waals surface area contributed by atoms with Crippen molar-refractivity contribution in [1.29, 1.82) is 0 Å². The van der Waals surface area contributed by atoms with Gasteiger partial charge in [0.25, 0.3) is 0 Å². The van der Waals surface area contributed by atoms with Crippen LogP contribution in [-0.4, -0.2) is 21.5 Å². The number of aliphatic hydroxyl groups excluding tert-OH is 1. The first-order valence-electron chi connectivity index (χ1n) is 4.69. The van der Waals surface area contributed by atoms with E-state index in [2.05, 4.69) is 12.0 Å². The van der Waals surface area contributed by atoms with Gasteiger partial charge >= 0.3 is 0 Å². The van der Waals surface area contributed by atoms with Crippen LogP contribution < -0.4 is 4.74 Å². The van der Waals surface area contributed by atoms with Gasteiger partial charge in [0.2, 0.25) is 5.88 Å². The van der Waals surface area contributed by atoms with Crippen molar-refractivity contribution in [3.63, 3.8) is 0 Å². The highest BCUT2D eigenvalue weighted by Gasteiger charge is 2.19. The van der Waals surface area contributed by atoms with Crippen LogP contribution in [0.3, 0.4) is 0 Å². The highest BCUT2D eigenvalue weighted by atomic mass is 16.5. The van der Waals surface area contributed by atoms with Crippen LogP contribution in [-0.2, 0) is 19.6 Å². The monoisotopic (exact) mass is 182 g/mol. The van der Waals surface area contributed by atoms with E-state index in [0.717, 1.165) is 43.1 Å². The summed E-state index contributed by atoms with van der Waals surface area (Å²) in [5.41, 5.74) is 1.82. The van der Waals surface area contributed by atoms with E-state index < -0.39 is 0 Å². The first-order valence-corrected chi connectivity index (χ1v) is 4.69. The Kier molecular flexibility index (Phi) is 2.22. The molecule has 0 unspecified atom stereocenters. The second kappa shape index (κ2) is 3.38. The van der Waals surface area contributed by atoms with Gasteiger partial charge in [0.05, 0.1) is 18.9 Å². The van der Waals surface area contributed by atoms with Crippen LogP contribution in [0.25, 0.3) is 0 Å². The minimum Gasteiger partial charge on any atom is -0.478 e. The van der Waals surface area contributed by atoms with Crippen molar-refractivity contribution in [3.05, 3.63) is 11.3 Å². The van der Waals surface area contributed by atoms with Gasteiger partial charge in [0.15, 0.2) is 0 Å². The fourth-order valence-corrected chi connectivity index (χ4v) is 1.71. The van der Waals surface area contributed by atoms with Crippen LogP contribution in [0.5, 0.6) is 5.88 Å². The third-order valence-electron chi connectivity index (χ3n) is 2.34. The van der Waals surface area contributed by atoms with Crippen LogP contribution in [0.15, 0.2) is 0 Å². The molecule has 4 nitrogen and oxygen atoms in total. The molecule has 1 aliphatic heterocycles. The Hall–Kier alpha value is -1.03. The molecule has 0 radical (unpaired) electrons. The Balaban J connectivity index is 2.44. The van der Waals surface area contributed by atoms with Crippen molar-refractivity contribution in [2.45, 2.75) is 32.9 Å². The van der Waals surface area contributed by atoms with E-state index in [9.17, 15) is 0 Å². The number of hydrogen-bond donors (Lipinski definition) is 1. The summed E-state index contributed by atoms with van der Waals surface area (Å²) >= 11 is 0. The van der Waals surface area contributed by atoms with Crippen LogP contribution in [0.4, 0.5) is 0 Å². The number of rotatable bonds is 2. The maximum Gasteiger partial charge on any atom is 0.215 e. The molecule has 0 saturated heterocycles. The fourth-order valence-electron chi connectivity index (χ4n) is 1.71. The topological polar surface area (TPSA) is 47.3 Å². The van der Waals surface area contributed by atoms with E-state index in [1.165, 1.54) is 0 Å². The average molecular weight is 182 g/mol. The summed E-state index contributed by atoms with van der Waals surface area (Å²) in [5.74, 6) is 0.859. The molecule has 1 aliphatic rings. The lowest BCUT2D eigenvalue weighted by atomic mass is 10.2. The van der Waals surface area contributed by atoms with Gasteiger partial charge < -0.3 is 9.84 Å². The molecule has 0 amide bonds. The SMILES string of the molecule is CCc1c(CO)nn2c1OCCC2. The Bertz CT molecular complexity index is 296. The molecular formula is C9H14N2O2. The average Bonchev–Trinajstić information content (AvgIpc) is 2.55. The normalized spacial score (nSPS) is 15.2. The zero-order valence-corrected chi connectivity index (χ0v) is 7.79. The van der Waals surface area contributed by atoms with Crippen LogP contribution in [0.1, 0.15) is 24.6 Å². The molecule has 0 aromatic carbocycles. The minimum absolute atomic E-state index is 0.00648. The van der Waals surface area contributed by atoms with Gasteiger partial charge in [-0.15, -0.1) is 0 Å². The van der Waals surface area contributed by atoms with Crippen molar-refractivity contribution in [2.75, 3.05) is 6.61 Å². The largest absolute Gasteiger partial charge is 0.478 e. The molecule has 0 fully saturated rings. The summed E-state index contributed by atoms with van der Waals surface area (Å²) < 4.78 is 7.37. The number of fused-ring (bicyclic) bond motifs is 1. The molecule has 1 aromatic rings. The summed E-state index contributed by atoms with van der Waals surface area (Å²) in [6, 6.07) is 0. The smallest absolute Gasteiger partial charge is 0.215 e. The zero-order chi connectivity index (χ0) is 9.26. The van der Waals surface area contributed by atoms with Gasteiger partial charge in [-0.1, -0.05) is 6.92 Å². The molecule has 1 N–H and O–H groups in total. The quantitative estimate of drug-likeness (QED) is 0.733. The first-order chi connectivity index (χ1) is 6.36. The molecule has 0 bridgehead atoms. The summed E-state index contributed by atoms with van der Waals surface area (Å²) in [5, 5.41) is 13.3. The van der Waals surface area contributed by atoms with E-state index in [1.54, 1.807) is 0 Å². The molecular weight excluding hydrogens is 168 g/mol. The van der Waals surface area contributed by atoms with Gasteiger partial charge in [0.1, 0.15) is 0 Å². The van der Waals surface area contributed by atoms with E-state index in [1.807, 2.05) is 4.68 Å². The highest BCUT2D eigenvalue weighted by molar-refractivity contribution is 5.32. The summed E-state index contributed by atoms with van der Waals surface area (Å²) in [6.07, 6.45) is 1.87. The number of hydrogen-bond acceptors (Lipinski definition) is 3. The number of nitrogens with zero attached hydrogens (tertiary/aromatic N) is 2. The minimum atomic E-state index is 0.00648. The lowest BCUT2D eigenvalue weighted by molar-refractivity contribution is 0.227. The Labute approximate surface area is 77.1 Å². The third kappa shape index (κ3) is 1.31. The molecule has 13 heavy (non-hydrogen) atoms. The van der Waals surface area contributed by atoms with Crippen LogP contribution in [0.2, 0.25) is 0 Å². The standard InChI is InChI=1S/C9H14N2O2/c1-2-7-8(6-12)10-11-4-3-5-13-9(7)11/h12H,2-6H2,1H3. The molecule has 0 spiro atoms. The van der Waals surface area contributed by atoms with Gasteiger partial charge in [-0.25, -0.2) is 4.68 Å². The molecule has 4 heteroatoms. The molecule has 0 saturated carbocycles. The Morgan fingerprint density at radius 2 is 2.46 bits per heavy atom. The molecule has 0 aliphatic carbocycles. The van der Waals surface area contributed by atoms with Crippen molar-refractivity contribution < 1.29 is 9.84 Å². The van der Waals surface area contributed by atoms with Crippen molar-refractivity contribution in [1.82, 2.24) is 9.78 Å². The number of aryl methyl sites for hydroxylation is 1. The second-order valence-corrected chi connectivity index (χ2v) is 3.17. The van der Waals surface area contributed by atoms with Crippen LogP contribution in [0, 0.1) is 0 Å². The van der Waals surface area contributed by atoms with Gasteiger partial charge in [-0.3, -0.25) is 0 Å². The van der Waals surface area contributed by atoms with E-state index in [4.69, 9.17) is 9.84 Å². The number of aromatic nitrogens is 2. The molecule has 2 heterocycles. The highest BCUT2D eigenvalue weighted by Crippen LogP contribution is 2.26. The Morgan fingerprint density at radius 1 is 1.62 bits per heavy atom.